The number of nitrogens with two attached hydrogens (primary N) is 1. The van der Waals surface area contributed by atoms with E-state index in [-0.39, 0.29) is 0 Å². The molecule has 2 bridgehead atoms. The summed E-state index contributed by atoms with van der Waals surface area (Å²) in [6.45, 7) is 0. The molecule has 0 aromatic heterocycles. The van der Waals surface area contributed by atoms with Crippen LogP contribution in [0, 0.1) is 17.8 Å². The molecule has 2 fully saturated rings. The summed E-state index contributed by atoms with van der Waals surface area (Å²) in [6.07, 6.45) is 6.36. The van der Waals surface area contributed by atoms with Crippen molar-refractivity contribution in [2.45, 2.75) is 38.1 Å². The molecule has 0 aromatic rings. The van der Waals surface area contributed by atoms with Gasteiger partial charge < -0.3 is 10.8 Å². The molecule has 2 aliphatic carbocycles. The second-order valence-corrected chi connectivity index (χ2v) is 6.39. The number of carboxylic acid groups (broad SMARTS) is 1. The summed E-state index contributed by atoms with van der Waals surface area (Å²) in [6, 6.07) is -0.674. The van der Waals surface area contributed by atoms with Crippen molar-refractivity contribution in [1.29, 1.82) is 0 Å². The Balaban J connectivity index is 1.57. The number of hydrogen-bond acceptors (Lipinski definition) is 3. The number of thioether (sulfide) groups is 1. The SMILES string of the molecule is NC(CCSCC1CC2CCC1C2)C(=O)O. The first kappa shape index (κ1) is 12.2. The van der Waals surface area contributed by atoms with E-state index < -0.39 is 12.0 Å². The van der Waals surface area contributed by atoms with Gasteiger partial charge in [-0.3, -0.25) is 4.79 Å². The zero-order chi connectivity index (χ0) is 11.5. The maximum atomic E-state index is 10.5. The summed E-state index contributed by atoms with van der Waals surface area (Å²) in [4.78, 5) is 10.5. The highest BCUT2D eigenvalue weighted by Crippen LogP contribution is 2.49. The van der Waals surface area contributed by atoms with Crippen LogP contribution in [0.1, 0.15) is 32.1 Å². The lowest BCUT2D eigenvalue weighted by atomic mass is 9.90. The summed E-state index contributed by atoms with van der Waals surface area (Å²) in [5, 5.41) is 8.64. The Hall–Kier alpha value is -0.220. The van der Waals surface area contributed by atoms with Gasteiger partial charge in [0.25, 0.3) is 0 Å². The van der Waals surface area contributed by atoms with E-state index in [0.29, 0.717) is 6.42 Å². The van der Waals surface area contributed by atoms with Gasteiger partial charge in [0.2, 0.25) is 0 Å². The van der Waals surface area contributed by atoms with E-state index in [2.05, 4.69) is 0 Å². The van der Waals surface area contributed by atoms with E-state index in [9.17, 15) is 4.79 Å². The highest BCUT2D eigenvalue weighted by molar-refractivity contribution is 7.99. The fourth-order valence-corrected chi connectivity index (χ4v) is 4.45. The molecule has 0 heterocycles. The van der Waals surface area contributed by atoms with Crippen LogP contribution in [0.5, 0.6) is 0 Å². The Morgan fingerprint density at radius 2 is 2.25 bits per heavy atom. The molecule has 0 saturated heterocycles. The van der Waals surface area contributed by atoms with E-state index in [0.717, 1.165) is 23.5 Å². The van der Waals surface area contributed by atoms with E-state index in [1.807, 2.05) is 11.8 Å². The largest absolute Gasteiger partial charge is 0.480 e. The van der Waals surface area contributed by atoms with Crippen molar-refractivity contribution in [2.75, 3.05) is 11.5 Å². The van der Waals surface area contributed by atoms with E-state index in [1.54, 1.807) is 0 Å². The van der Waals surface area contributed by atoms with E-state index >= 15 is 0 Å². The van der Waals surface area contributed by atoms with Gasteiger partial charge in [0.15, 0.2) is 0 Å². The van der Waals surface area contributed by atoms with E-state index in [1.165, 1.54) is 31.4 Å². The fourth-order valence-electron chi connectivity index (χ4n) is 3.15. The minimum atomic E-state index is -0.875. The van der Waals surface area contributed by atoms with Crippen LogP contribution in [0.25, 0.3) is 0 Å². The molecule has 0 aliphatic heterocycles. The minimum Gasteiger partial charge on any atom is -0.480 e. The second-order valence-electron chi connectivity index (χ2n) is 5.24. The quantitative estimate of drug-likeness (QED) is 0.700. The molecule has 0 spiro atoms. The Morgan fingerprint density at radius 3 is 2.81 bits per heavy atom. The van der Waals surface area contributed by atoms with Gasteiger partial charge in [-0.15, -0.1) is 0 Å². The monoisotopic (exact) mass is 243 g/mol. The first-order valence-corrected chi connectivity index (χ1v) is 7.38. The van der Waals surface area contributed by atoms with Crippen molar-refractivity contribution < 1.29 is 9.90 Å². The number of carboxylic acids is 1. The van der Waals surface area contributed by atoms with Crippen molar-refractivity contribution in [1.82, 2.24) is 0 Å². The lowest BCUT2D eigenvalue weighted by molar-refractivity contribution is -0.138. The molecule has 3 nitrogen and oxygen atoms in total. The van der Waals surface area contributed by atoms with Gasteiger partial charge >= 0.3 is 5.97 Å². The third-order valence-corrected chi connectivity index (χ3v) is 5.30. The van der Waals surface area contributed by atoms with Crippen molar-refractivity contribution in [3.05, 3.63) is 0 Å². The van der Waals surface area contributed by atoms with Crippen LogP contribution in [-0.2, 0) is 4.79 Å². The number of hydrogen-bond donors (Lipinski definition) is 2. The molecule has 4 atom stereocenters. The maximum Gasteiger partial charge on any atom is 0.320 e. The molecule has 4 heteroatoms. The molecule has 3 N–H and O–H groups in total. The second kappa shape index (κ2) is 5.41. The first-order chi connectivity index (χ1) is 7.66. The van der Waals surface area contributed by atoms with E-state index in [4.69, 9.17) is 10.8 Å². The molecule has 0 radical (unpaired) electrons. The molecule has 4 unspecified atom stereocenters. The number of fused-ring (bicyclic) bond motifs is 2. The summed E-state index contributed by atoms with van der Waals surface area (Å²) in [5.74, 6) is 4.13. The van der Waals surface area contributed by atoms with Crippen LogP contribution in [0.3, 0.4) is 0 Å². The van der Waals surface area contributed by atoms with Gasteiger partial charge in [-0.1, -0.05) is 6.42 Å². The van der Waals surface area contributed by atoms with Gasteiger partial charge in [-0.2, -0.15) is 11.8 Å². The van der Waals surface area contributed by atoms with Gasteiger partial charge in [0, 0.05) is 0 Å². The predicted octanol–water partition coefficient (Wildman–Crippen LogP) is 1.96. The summed E-state index contributed by atoms with van der Waals surface area (Å²) >= 11 is 1.89. The number of carbonyl (C=O) groups is 1. The molecule has 92 valence electrons. The molecular formula is C12H21NO2S. The average Bonchev–Trinajstić information content (AvgIpc) is 2.85. The summed E-state index contributed by atoms with van der Waals surface area (Å²) in [5.41, 5.74) is 5.46. The standard InChI is InChI=1S/C12H21NO2S/c13-11(12(14)15)3-4-16-7-10-6-8-1-2-9(10)5-8/h8-11H,1-7,13H2,(H,14,15). The zero-order valence-corrected chi connectivity index (χ0v) is 10.4. The van der Waals surface area contributed by atoms with Crippen LogP contribution in [0.4, 0.5) is 0 Å². The smallest absolute Gasteiger partial charge is 0.320 e. The number of aliphatic carboxylic acids is 1. The zero-order valence-electron chi connectivity index (χ0n) is 9.60. The van der Waals surface area contributed by atoms with Gasteiger partial charge in [0.1, 0.15) is 6.04 Å². The Kier molecular flexibility index (Phi) is 4.14. The third-order valence-electron chi connectivity index (χ3n) is 4.11. The van der Waals surface area contributed by atoms with Crippen molar-refractivity contribution in [2.24, 2.45) is 23.5 Å². The first-order valence-electron chi connectivity index (χ1n) is 6.23. The molecular weight excluding hydrogens is 222 g/mol. The average molecular weight is 243 g/mol. The fraction of sp³-hybridized carbons (Fsp3) is 0.917. The maximum absolute atomic E-state index is 10.5. The third kappa shape index (κ3) is 2.92. The topological polar surface area (TPSA) is 63.3 Å². The van der Waals surface area contributed by atoms with Crippen LogP contribution in [0.2, 0.25) is 0 Å². The normalized spacial score (nSPS) is 34.2. The molecule has 0 aromatic carbocycles. The predicted molar refractivity (Wildman–Crippen MR) is 66.5 cm³/mol. The molecule has 2 rings (SSSR count). The highest BCUT2D eigenvalue weighted by Gasteiger charge is 2.38. The minimum absolute atomic E-state index is 0.598. The van der Waals surface area contributed by atoms with Crippen molar-refractivity contribution in [3.63, 3.8) is 0 Å². The summed E-state index contributed by atoms with van der Waals surface area (Å²) in [7, 11) is 0. The van der Waals surface area contributed by atoms with Gasteiger partial charge in [0.05, 0.1) is 0 Å². The van der Waals surface area contributed by atoms with Gasteiger partial charge in [-0.25, -0.2) is 0 Å². The lowest BCUT2D eigenvalue weighted by Crippen LogP contribution is -2.30. The van der Waals surface area contributed by atoms with Gasteiger partial charge in [-0.05, 0) is 54.9 Å². The van der Waals surface area contributed by atoms with Crippen LogP contribution in [-0.4, -0.2) is 28.6 Å². The molecule has 0 amide bonds. The highest BCUT2D eigenvalue weighted by atomic mass is 32.2. The van der Waals surface area contributed by atoms with Crippen LogP contribution >= 0.6 is 11.8 Å². The molecule has 2 aliphatic rings. The Morgan fingerprint density at radius 1 is 1.44 bits per heavy atom. The van der Waals surface area contributed by atoms with Crippen LogP contribution < -0.4 is 5.73 Å². The van der Waals surface area contributed by atoms with Crippen molar-refractivity contribution >= 4 is 17.7 Å². The molecule has 2 saturated carbocycles. The summed E-state index contributed by atoms with van der Waals surface area (Å²) < 4.78 is 0. The van der Waals surface area contributed by atoms with Crippen LogP contribution in [0.15, 0.2) is 0 Å². The number of rotatable bonds is 6. The lowest BCUT2D eigenvalue weighted by Gasteiger charge is -2.21. The molecule has 16 heavy (non-hydrogen) atoms. The Labute approximate surface area is 101 Å². The van der Waals surface area contributed by atoms with Crippen molar-refractivity contribution in [3.8, 4) is 0 Å². The Bertz CT molecular complexity index is 259.